The van der Waals surface area contributed by atoms with E-state index in [-0.39, 0.29) is 5.91 Å². The Bertz CT molecular complexity index is 314. The predicted molar refractivity (Wildman–Crippen MR) is 55.0 cm³/mol. The third-order valence-corrected chi connectivity index (χ3v) is 3.00. The van der Waals surface area contributed by atoms with E-state index in [0.717, 1.165) is 32.5 Å². The zero-order chi connectivity index (χ0) is 10.7. The van der Waals surface area contributed by atoms with Crippen molar-refractivity contribution in [2.45, 2.75) is 26.3 Å². The van der Waals surface area contributed by atoms with Crippen LogP contribution < -0.4 is 0 Å². The van der Waals surface area contributed by atoms with Crippen LogP contribution >= 0.6 is 0 Å². The van der Waals surface area contributed by atoms with E-state index in [1.807, 2.05) is 9.47 Å². The van der Waals surface area contributed by atoms with Gasteiger partial charge in [-0.25, -0.2) is 0 Å². The molecule has 15 heavy (non-hydrogen) atoms. The van der Waals surface area contributed by atoms with Crippen molar-refractivity contribution >= 4 is 5.91 Å². The summed E-state index contributed by atoms with van der Waals surface area (Å²) in [5.74, 6) is 0.842. The second kappa shape index (κ2) is 4.42. The maximum atomic E-state index is 11.1. The highest BCUT2D eigenvalue weighted by Gasteiger charge is 2.20. The fourth-order valence-corrected chi connectivity index (χ4v) is 2.04. The lowest BCUT2D eigenvalue weighted by atomic mass is 9.97. The van der Waals surface area contributed by atoms with Gasteiger partial charge in [0.2, 0.25) is 5.91 Å². The van der Waals surface area contributed by atoms with Gasteiger partial charge in [-0.3, -0.25) is 4.79 Å². The maximum absolute atomic E-state index is 11.1. The monoisotopic (exact) mass is 208 g/mol. The molecule has 2 rings (SSSR count). The summed E-state index contributed by atoms with van der Waals surface area (Å²) in [6.45, 7) is 4.39. The van der Waals surface area contributed by atoms with Crippen molar-refractivity contribution < 1.29 is 4.79 Å². The molecule has 1 fully saturated rings. The van der Waals surface area contributed by atoms with E-state index in [2.05, 4.69) is 10.2 Å². The summed E-state index contributed by atoms with van der Waals surface area (Å²) in [6, 6.07) is 0. The fraction of sp³-hybridized carbons (Fsp3) is 0.700. The molecular weight excluding hydrogens is 192 g/mol. The summed E-state index contributed by atoms with van der Waals surface area (Å²) in [5, 5.41) is 7.56. The minimum atomic E-state index is 0.192. The van der Waals surface area contributed by atoms with Gasteiger partial charge in [0.1, 0.15) is 12.7 Å². The quantitative estimate of drug-likeness (QED) is 0.712. The molecule has 0 saturated carbocycles. The molecule has 82 valence electrons. The Kier molecular flexibility index (Phi) is 2.99. The van der Waals surface area contributed by atoms with Crippen LogP contribution in [0.3, 0.4) is 0 Å². The summed E-state index contributed by atoms with van der Waals surface area (Å²) in [6.07, 6.45) is 5.66. The Hall–Kier alpha value is -1.39. The zero-order valence-corrected chi connectivity index (χ0v) is 8.96. The summed E-state index contributed by atoms with van der Waals surface area (Å²) >= 11 is 0. The minimum absolute atomic E-state index is 0.192. The van der Waals surface area contributed by atoms with E-state index in [1.54, 1.807) is 19.6 Å². The van der Waals surface area contributed by atoms with Gasteiger partial charge in [0.15, 0.2) is 0 Å². The first-order chi connectivity index (χ1) is 7.25. The number of hydrogen-bond acceptors (Lipinski definition) is 3. The summed E-state index contributed by atoms with van der Waals surface area (Å²) in [7, 11) is 0. The van der Waals surface area contributed by atoms with E-state index in [0.29, 0.717) is 5.92 Å². The molecule has 5 nitrogen and oxygen atoms in total. The highest BCUT2D eigenvalue weighted by Crippen LogP contribution is 2.18. The van der Waals surface area contributed by atoms with Crippen LogP contribution in [0.1, 0.15) is 19.8 Å². The molecule has 1 saturated heterocycles. The highest BCUT2D eigenvalue weighted by molar-refractivity contribution is 5.73. The highest BCUT2D eigenvalue weighted by atomic mass is 16.2. The van der Waals surface area contributed by atoms with E-state index in [9.17, 15) is 4.79 Å². The fourth-order valence-electron chi connectivity index (χ4n) is 2.04. The largest absolute Gasteiger partial charge is 0.343 e. The second-order valence-electron chi connectivity index (χ2n) is 4.11. The molecule has 5 heteroatoms. The molecular formula is C10H16N4O. The topological polar surface area (TPSA) is 51.0 Å². The molecule has 1 aliphatic heterocycles. The molecule has 0 radical (unpaired) electrons. The van der Waals surface area contributed by atoms with Crippen molar-refractivity contribution in [1.29, 1.82) is 0 Å². The first kappa shape index (κ1) is 10.1. The maximum Gasteiger partial charge on any atom is 0.219 e. The van der Waals surface area contributed by atoms with E-state index >= 15 is 0 Å². The normalized spacial score (nSPS) is 18.1. The van der Waals surface area contributed by atoms with Gasteiger partial charge in [-0.05, 0) is 18.8 Å². The number of amides is 1. The van der Waals surface area contributed by atoms with E-state index in [4.69, 9.17) is 0 Å². The van der Waals surface area contributed by atoms with Gasteiger partial charge in [0.25, 0.3) is 0 Å². The van der Waals surface area contributed by atoms with Crippen LogP contribution in [-0.4, -0.2) is 38.7 Å². The Labute approximate surface area is 89.1 Å². The number of nitrogens with zero attached hydrogens (tertiary/aromatic N) is 4. The number of carbonyl (C=O) groups excluding carboxylic acids is 1. The molecule has 0 aromatic carbocycles. The lowest BCUT2D eigenvalue weighted by molar-refractivity contribution is -0.130. The van der Waals surface area contributed by atoms with E-state index in [1.165, 1.54) is 0 Å². The molecule has 1 aromatic heterocycles. The SMILES string of the molecule is CC(=O)N1CCC(Cn2cnnc2)CC1. The number of hydrogen-bond donors (Lipinski definition) is 0. The molecule has 0 spiro atoms. The molecule has 0 bridgehead atoms. The van der Waals surface area contributed by atoms with Crippen molar-refractivity contribution in [2.75, 3.05) is 13.1 Å². The van der Waals surface area contributed by atoms with Crippen LogP contribution in [0, 0.1) is 5.92 Å². The number of rotatable bonds is 2. The summed E-state index contributed by atoms with van der Waals surface area (Å²) < 4.78 is 2.01. The van der Waals surface area contributed by atoms with Crippen LogP contribution in [0.2, 0.25) is 0 Å². The molecule has 0 unspecified atom stereocenters. The third kappa shape index (κ3) is 2.55. The average Bonchev–Trinajstić information content (AvgIpc) is 2.71. The van der Waals surface area contributed by atoms with Gasteiger partial charge in [0.05, 0.1) is 0 Å². The lowest BCUT2D eigenvalue weighted by Gasteiger charge is -2.31. The van der Waals surface area contributed by atoms with Crippen LogP contribution in [-0.2, 0) is 11.3 Å². The molecule has 1 aromatic rings. The van der Waals surface area contributed by atoms with Crippen LogP contribution in [0.25, 0.3) is 0 Å². The van der Waals surface area contributed by atoms with Gasteiger partial charge in [-0.2, -0.15) is 0 Å². The van der Waals surface area contributed by atoms with E-state index < -0.39 is 0 Å². The van der Waals surface area contributed by atoms with Crippen LogP contribution in [0.5, 0.6) is 0 Å². The standard InChI is InChI=1S/C10H16N4O/c1-9(15)14-4-2-10(3-5-14)6-13-7-11-12-8-13/h7-8,10H,2-6H2,1H3. The Balaban J connectivity index is 1.81. The Morgan fingerprint density at radius 1 is 1.33 bits per heavy atom. The number of likely N-dealkylation sites (tertiary alicyclic amines) is 1. The summed E-state index contributed by atoms with van der Waals surface area (Å²) in [5.41, 5.74) is 0. The number of piperidine rings is 1. The number of carbonyl (C=O) groups is 1. The van der Waals surface area contributed by atoms with Crippen LogP contribution in [0.15, 0.2) is 12.7 Å². The third-order valence-electron chi connectivity index (χ3n) is 3.00. The number of aromatic nitrogens is 3. The van der Waals surface area contributed by atoms with Crippen molar-refractivity contribution in [3.63, 3.8) is 0 Å². The van der Waals surface area contributed by atoms with Gasteiger partial charge in [-0.15, -0.1) is 10.2 Å². The molecule has 1 aliphatic rings. The average molecular weight is 208 g/mol. The van der Waals surface area contributed by atoms with Crippen LogP contribution in [0.4, 0.5) is 0 Å². The minimum Gasteiger partial charge on any atom is -0.343 e. The first-order valence-electron chi connectivity index (χ1n) is 5.33. The smallest absolute Gasteiger partial charge is 0.219 e. The van der Waals surface area contributed by atoms with Crippen molar-refractivity contribution in [1.82, 2.24) is 19.7 Å². The molecule has 0 atom stereocenters. The van der Waals surface area contributed by atoms with Crippen molar-refractivity contribution in [3.8, 4) is 0 Å². The lowest BCUT2D eigenvalue weighted by Crippen LogP contribution is -2.37. The second-order valence-corrected chi connectivity index (χ2v) is 4.11. The van der Waals surface area contributed by atoms with Gasteiger partial charge >= 0.3 is 0 Å². The first-order valence-corrected chi connectivity index (χ1v) is 5.33. The van der Waals surface area contributed by atoms with Gasteiger partial charge < -0.3 is 9.47 Å². The molecule has 0 aliphatic carbocycles. The van der Waals surface area contributed by atoms with Gasteiger partial charge in [0, 0.05) is 26.6 Å². The summed E-state index contributed by atoms with van der Waals surface area (Å²) in [4.78, 5) is 13.0. The molecule has 0 N–H and O–H groups in total. The van der Waals surface area contributed by atoms with Crippen molar-refractivity contribution in [2.24, 2.45) is 5.92 Å². The molecule has 1 amide bonds. The predicted octanol–water partition coefficient (Wildman–Crippen LogP) is 0.537. The Morgan fingerprint density at radius 2 is 1.93 bits per heavy atom. The van der Waals surface area contributed by atoms with Crippen molar-refractivity contribution in [3.05, 3.63) is 12.7 Å². The molecule has 2 heterocycles. The van der Waals surface area contributed by atoms with Gasteiger partial charge in [-0.1, -0.05) is 0 Å². The Morgan fingerprint density at radius 3 is 2.47 bits per heavy atom. The zero-order valence-electron chi connectivity index (χ0n) is 8.96.